The van der Waals surface area contributed by atoms with E-state index in [1.807, 2.05) is 6.92 Å². The van der Waals surface area contributed by atoms with Crippen LogP contribution in [-0.2, 0) is 5.54 Å². The van der Waals surface area contributed by atoms with Crippen molar-refractivity contribution >= 4 is 0 Å². The fourth-order valence-corrected chi connectivity index (χ4v) is 1.58. The van der Waals surface area contributed by atoms with Crippen molar-refractivity contribution in [1.82, 2.24) is 14.8 Å². The second kappa shape index (κ2) is 3.13. The van der Waals surface area contributed by atoms with Crippen LogP contribution in [-0.4, -0.2) is 14.8 Å². The lowest BCUT2D eigenvalue weighted by Gasteiger charge is -2.25. The zero-order valence-corrected chi connectivity index (χ0v) is 9.42. The van der Waals surface area contributed by atoms with Gasteiger partial charge in [-0.3, -0.25) is 0 Å². The first-order chi connectivity index (χ1) is 5.84. The van der Waals surface area contributed by atoms with Gasteiger partial charge < -0.3 is 4.57 Å². The maximum atomic E-state index is 4.19. The second-order valence-corrected chi connectivity index (χ2v) is 4.77. The Morgan fingerprint density at radius 2 is 1.69 bits per heavy atom. The molecule has 0 saturated heterocycles. The molecule has 3 heteroatoms. The highest BCUT2D eigenvalue weighted by Crippen LogP contribution is 2.22. The van der Waals surface area contributed by atoms with Gasteiger partial charge in [0.2, 0.25) is 0 Å². The molecule has 0 atom stereocenters. The highest BCUT2D eigenvalue weighted by atomic mass is 15.3. The van der Waals surface area contributed by atoms with Crippen molar-refractivity contribution in [2.75, 3.05) is 0 Å². The molecule has 0 aliphatic heterocycles. The van der Waals surface area contributed by atoms with Gasteiger partial charge in [0.1, 0.15) is 11.6 Å². The summed E-state index contributed by atoms with van der Waals surface area (Å²) in [6.07, 6.45) is 0. The topological polar surface area (TPSA) is 30.7 Å². The highest BCUT2D eigenvalue weighted by molar-refractivity contribution is 5.03. The van der Waals surface area contributed by atoms with Gasteiger partial charge in [-0.05, 0) is 27.7 Å². The number of aryl methyl sites for hydroxylation is 1. The third-order valence-corrected chi connectivity index (χ3v) is 2.04. The van der Waals surface area contributed by atoms with Gasteiger partial charge >= 0.3 is 0 Å². The first-order valence-corrected chi connectivity index (χ1v) is 4.76. The van der Waals surface area contributed by atoms with Gasteiger partial charge in [0.05, 0.1) is 0 Å². The van der Waals surface area contributed by atoms with Crippen molar-refractivity contribution in [3.8, 4) is 0 Å². The van der Waals surface area contributed by atoms with E-state index in [4.69, 9.17) is 0 Å². The minimum atomic E-state index is 0.0766. The number of nitrogens with zero attached hydrogens (tertiary/aromatic N) is 3. The molecule has 0 radical (unpaired) electrons. The average Bonchev–Trinajstić information content (AvgIpc) is 2.28. The highest BCUT2D eigenvalue weighted by Gasteiger charge is 2.22. The Kier molecular flexibility index (Phi) is 2.46. The summed E-state index contributed by atoms with van der Waals surface area (Å²) >= 11 is 0. The molecule has 1 aromatic rings. The lowest BCUT2D eigenvalue weighted by molar-refractivity contribution is 0.368. The van der Waals surface area contributed by atoms with E-state index >= 15 is 0 Å². The van der Waals surface area contributed by atoms with E-state index in [1.54, 1.807) is 0 Å². The van der Waals surface area contributed by atoms with E-state index in [0.717, 1.165) is 11.6 Å². The van der Waals surface area contributed by atoms with Crippen LogP contribution in [0.5, 0.6) is 0 Å². The van der Waals surface area contributed by atoms with Gasteiger partial charge in [-0.2, -0.15) is 0 Å². The van der Waals surface area contributed by atoms with Crippen molar-refractivity contribution in [2.45, 2.75) is 53.0 Å². The van der Waals surface area contributed by atoms with Gasteiger partial charge in [-0.1, -0.05) is 13.8 Å². The summed E-state index contributed by atoms with van der Waals surface area (Å²) in [5.41, 5.74) is 0.0766. The van der Waals surface area contributed by atoms with Crippen LogP contribution in [0.2, 0.25) is 0 Å². The van der Waals surface area contributed by atoms with Crippen molar-refractivity contribution in [1.29, 1.82) is 0 Å². The van der Waals surface area contributed by atoms with E-state index in [1.165, 1.54) is 0 Å². The van der Waals surface area contributed by atoms with Gasteiger partial charge in [0.15, 0.2) is 0 Å². The van der Waals surface area contributed by atoms with Crippen molar-refractivity contribution in [3.63, 3.8) is 0 Å². The molecule has 0 aliphatic carbocycles. The summed E-state index contributed by atoms with van der Waals surface area (Å²) in [6, 6.07) is 0. The standard InChI is InChI=1S/C10H19N3/c1-7(2)9-12-11-8(3)13(9)10(4,5)6/h7H,1-6H3. The molecule has 0 saturated carbocycles. The maximum absolute atomic E-state index is 4.19. The maximum Gasteiger partial charge on any atom is 0.136 e. The molecule has 1 rings (SSSR count). The Labute approximate surface area is 80.2 Å². The minimum Gasteiger partial charge on any atom is -0.310 e. The molecule has 1 heterocycles. The molecule has 74 valence electrons. The SMILES string of the molecule is Cc1nnc(C(C)C)n1C(C)(C)C. The molecule has 0 N–H and O–H groups in total. The van der Waals surface area contributed by atoms with Gasteiger partial charge in [-0.15, -0.1) is 10.2 Å². The summed E-state index contributed by atoms with van der Waals surface area (Å²) in [5, 5.41) is 8.31. The van der Waals surface area contributed by atoms with E-state index < -0.39 is 0 Å². The summed E-state index contributed by atoms with van der Waals surface area (Å²) in [6.45, 7) is 12.8. The molecule has 0 fully saturated rings. The first kappa shape index (κ1) is 10.2. The Morgan fingerprint density at radius 3 is 2.00 bits per heavy atom. The lowest BCUT2D eigenvalue weighted by atomic mass is 10.1. The summed E-state index contributed by atoms with van der Waals surface area (Å²) in [4.78, 5) is 0. The summed E-state index contributed by atoms with van der Waals surface area (Å²) < 4.78 is 2.21. The largest absolute Gasteiger partial charge is 0.310 e. The van der Waals surface area contributed by atoms with Crippen LogP contribution in [0.4, 0.5) is 0 Å². The molecule has 0 amide bonds. The molecule has 3 nitrogen and oxygen atoms in total. The number of hydrogen-bond donors (Lipinski definition) is 0. The first-order valence-electron chi connectivity index (χ1n) is 4.76. The van der Waals surface area contributed by atoms with Gasteiger partial charge in [0, 0.05) is 11.5 Å². The van der Waals surface area contributed by atoms with Crippen molar-refractivity contribution in [3.05, 3.63) is 11.6 Å². The predicted octanol–water partition coefficient (Wildman–Crippen LogP) is 2.46. The third kappa shape index (κ3) is 1.90. The number of aromatic nitrogens is 3. The van der Waals surface area contributed by atoms with Crippen LogP contribution < -0.4 is 0 Å². The van der Waals surface area contributed by atoms with Gasteiger partial charge in [0.25, 0.3) is 0 Å². The monoisotopic (exact) mass is 181 g/mol. The fraction of sp³-hybridized carbons (Fsp3) is 0.800. The van der Waals surface area contributed by atoms with Crippen LogP contribution in [0.1, 0.15) is 52.2 Å². The molecule has 13 heavy (non-hydrogen) atoms. The minimum absolute atomic E-state index is 0.0766. The molecule has 0 unspecified atom stereocenters. The molecular weight excluding hydrogens is 162 g/mol. The van der Waals surface area contributed by atoms with Crippen LogP contribution in [0.3, 0.4) is 0 Å². The average molecular weight is 181 g/mol. The Bertz CT molecular complexity index is 292. The van der Waals surface area contributed by atoms with E-state index in [-0.39, 0.29) is 5.54 Å². The quantitative estimate of drug-likeness (QED) is 0.666. The predicted molar refractivity (Wildman–Crippen MR) is 53.8 cm³/mol. The Morgan fingerprint density at radius 1 is 1.15 bits per heavy atom. The normalized spacial score (nSPS) is 12.5. The van der Waals surface area contributed by atoms with Crippen LogP contribution >= 0.6 is 0 Å². The van der Waals surface area contributed by atoms with Crippen LogP contribution in [0.15, 0.2) is 0 Å². The van der Waals surface area contributed by atoms with Crippen LogP contribution in [0, 0.1) is 6.92 Å². The molecule has 0 bridgehead atoms. The lowest BCUT2D eigenvalue weighted by Crippen LogP contribution is -2.25. The zero-order chi connectivity index (χ0) is 10.2. The third-order valence-electron chi connectivity index (χ3n) is 2.04. The zero-order valence-electron chi connectivity index (χ0n) is 9.42. The van der Waals surface area contributed by atoms with E-state index in [9.17, 15) is 0 Å². The Balaban J connectivity index is 3.25. The number of hydrogen-bond acceptors (Lipinski definition) is 2. The van der Waals surface area contributed by atoms with E-state index in [0.29, 0.717) is 5.92 Å². The van der Waals surface area contributed by atoms with Gasteiger partial charge in [-0.25, -0.2) is 0 Å². The Hall–Kier alpha value is -0.860. The second-order valence-electron chi connectivity index (χ2n) is 4.77. The molecule has 1 aromatic heterocycles. The summed E-state index contributed by atoms with van der Waals surface area (Å²) in [7, 11) is 0. The summed E-state index contributed by atoms with van der Waals surface area (Å²) in [5.74, 6) is 2.50. The van der Waals surface area contributed by atoms with Crippen molar-refractivity contribution in [2.24, 2.45) is 0 Å². The molecular formula is C10H19N3. The smallest absolute Gasteiger partial charge is 0.136 e. The van der Waals surface area contributed by atoms with E-state index in [2.05, 4.69) is 49.4 Å². The van der Waals surface area contributed by atoms with Crippen molar-refractivity contribution < 1.29 is 0 Å². The number of rotatable bonds is 1. The molecule has 0 aliphatic rings. The molecule has 0 aromatic carbocycles. The fourth-order valence-electron chi connectivity index (χ4n) is 1.58. The molecule has 0 spiro atoms. The van der Waals surface area contributed by atoms with Crippen LogP contribution in [0.25, 0.3) is 0 Å².